The van der Waals surface area contributed by atoms with Crippen molar-refractivity contribution < 1.29 is 0 Å². The van der Waals surface area contributed by atoms with E-state index in [1.165, 1.54) is 6.33 Å². The molecule has 4 rings (SSSR count). The van der Waals surface area contributed by atoms with Crippen LogP contribution in [-0.2, 0) is 0 Å². The van der Waals surface area contributed by atoms with Crippen molar-refractivity contribution in [1.29, 1.82) is 0 Å². The topological polar surface area (TPSA) is 71.8 Å². The van der Waals surface area contributed by atoms with Crippen molar-refractivity contribution in [3.63, 3.8) is 0 Å². The van der Waals surface area contributed by atoms with Gasteiger partial charge in [-0.3, -0.25) is 5.10 Å². The average Bonchev–Trinajstić information content (AvgIpc) is 3.15. The largest absolute Gasteiger partial charge is 0.257 e. The summed E-state index contributed by atoms with van der Waals surface area (Å²) in [7, 11) is 0. The number of nitrogens with zero attached hydrogens (tertiary/aromatic N) is 5. The summed E-state index contributed by atoms with van der Waals surface area (Å²) >= 11 is 6.05. The van der Waals surface area contributed by atoms with Gasteiger partial charge in [0.05, 0.1) is 5.69 Å². The minimum Gasteiger partial charge on any atom is -0.257 e. The summed E-state index contributed by atoms with van der Waals surface area (Å²) in [4.78, 5) is 4.12. The molecule has 7 heteroatoms. The van der Waals surface area contributed by atoms with E-state index in [0.717, 1.165) is 28.2 Å². The van der Waals surface area contributed by atoms with E-state index < -0.39 is 0 Å². The van der Waals surface area contributed by atoms with Crippen molar-refractivity contribution in [2.75, 3.05) is 0 Å². The number of H-pyrrole nitrogens is 1. The number of rotatable bonds is 2. The van der Waals surface area contributed by atoms with E-state index in [9.17, 15) is 0 Å². The molecule has 0 bridgehead atoms. The minimum atomic E-state index is 0.666. The summed E-state index contributed by atoms with van der Waals surface area (Å²) in [5, 5.41) is 15.8. The van der Waals surface area contributed by atoms with Crippen molar-refractivity contribution in [2.24, 2.45) is 0 Å². The van der Waals surface area contributed by atoms with Gasteiger partial charge in [0.1, 0.15) is 12.0 Å². The standard InChI is InChI=1S/C14H9ClN6/c15-11-3-1-2-9(6-11)13-14(19-20-18-13)10-4-5-12-16-8-17-21(12)7-10/h1-8H,(H,18,19,20). The lowest BCUT2D eigenvalue weighted by molar-refractivity contribution is 0.939. The van der Waals surface area contributed by atoms with E-state index in [-0.39, 0.29) is 0 Å². The van der Waals surface area contributed by atoms with Gasteiger partial charge in [-0.1, -0.05) is 28.9 Å². The Balaban J connectivity index is 1.88. The molecule has 1 N–H and O–H groups in total. The summed E-state index contributed by atoms with van der Waals surface area (Å²) < 4.78 is 1.70. The zero-order valence-corrected chi connectivity index (χ0v) is 11.5. The highest BCUT2D eigenvalue weighted by Crippen LogP contribution is 2.29. The number of fused-ring (bicyclic) bond motifs is 1. The van der Waals surface area contributed by atoms with E-state index in [4.69, 9.17) is 11.6 Å². The molecule has 0 saturated carbocycles. The molecule has 0 amide bonds. The molecule has 0 saturated heterocycles. The Morgan fingerprint density at radius 3 is 2.95 bits per heavy atom. The predicted octanol–water partition coefficient (Wildman–Crippen LogP) is 2.83. The molecule has 0 aliphatic carbocycles. The van der Waals surface area contributed by atoms with Gasteiger partial charge in [0.25, 0.3) is 0 Å². The Hall–Kier alpha value is -2.73. The maximum absolute atomic E-state index is 6.05. The molecule has 0 spiro atoms. The van der Waals surface area contributed by atoms with E-state index in [2.05, 4.69) is 25.5 Å². The van der Waals surface area contributed by atoms with E-state index in [1.54, 1.807) is 4.52 Å². The Labute approximate surface area is 124 Å². The van der Waals surface area contributed by atoms with Gasteiger partial charge in [-0.05, 0) is 24.3 Å². The second kappa shape index (κ2) is 4.68. The first-order valence-corrected chi connectivity index (χ1v) is 6.66. The SMILES string of the molecule is Clc1cccc(-c2[nH]nnc2-c2ccc3ncnn3c2)c1. The molecule has 3 heterocycles. The van der Waals surface area contributed by atoms with Crippen molar-refractivity contribution in [3.8, 4) is 22.5 Å². The van der Waals surface area contributed by atoms with Crippen LogP contribution in [0, 0.1) is 0 Å². The number of hydrogen-bond acceptors (Lipinski definition) is 4. The van der Waals surface area contributed by atoms with Gasteiger partial charge in [0.15, 0.2) is 5.65 Å². The number of pyridine rings is 1. The first-order chi connectivity index (χ1) is 10.3. The molecule has 4 aromatic rings. The van der Waals surface area contributed by atoms with E-state index in [0.29, 0.717) is 5.02 Å². The van der Waals surface area contributed by atoms with Crippen LogP contribution in [0.4, 0.5) is 0 Å². The second-order valence-electron chi connectivity index (χ2n) is 4.53. The maximum Gasteiger partial charge on any atom is 0.155 e. The fraction of sp³-hybridized carbons (Fsp3) is 0. The van der Waals surface area contributed by atoms with E-state index >= 15 is 0 Å². The van der Waals surface area contributed by atoms with Crippen LogP contribution in [-0.4, -0.2) is 30.0 Å². The molecule has 0 atom stereocenters. The second-order valence-corrected chi connectivity index (χ2v) is 4.96. The Kier molecular flexibility index (Phi) is 2.68. The van der Waals surface area contributed by atoms with Crippen LogP contribution in [0.2, 0.25) is 5.02 Å². The minimum absolute atomic E-state index is 0.666. The monoisotopic (exact) mass is 296 g/mol. The molecular weight excluding hydrogens is 288 g/mol. The van der Waals surface area contributed by atoms with Crippen LogP contribution in [0.15, 0.2) is 48.9 Å². The number of benzene rings is 1. The fourth-order valence-corrected chi connectivity index (χ4v) is 2.42. The van der Waals surface area contributed by atoms with Gasteiger partial charge in [0, 0.05) is 22.3 Å². The first kappa shape index (κ1) is 12.0. The molecule has 0 aliphatic heterocycles. The van der Waals surface area contributed by atoms with Crippen LogP contribution in [0.1, 0.15) is 0 Å². The van der Waals surface area contributed by atoms with Crippen molar-refractivity contribution in [2.45, 2.75) is 0 Å². The highest BCUT2D eigenvalue weighted by atomic mass is 35.5. The summed E-state index contributed by atoms with van der Waals surface area (Å²) in [6.45, 7) is 0. The lowest BCUT2D eigenvalue weighted by Crippen LogP contribution is -1.90. The van der Waals surface area contributed by atoms with E-state index in [1.807, 2.05) is 42.6 Å². The lowest BCUT2D eigenvalue weighted by atomic mass is 10.1. The number of nitrogens with one attached hydrogen (secondary N) is 1. The lowest BCUT2D eigenvalue weighted by Gasteiger charge is -2.03. The van der Waals surface area contributed by atoms with Crippen LogP contribution in [0.25, 0.3) is 28.2 Å². The highest BCUT2D eigenvalue weighted by molar-refractivity contribution is 6.30. The van der Waals surface area contributed by atoms with Crippen molar-refractivity contribution >= 4 is 17.2 Å². The fourth-order valence-electron chi connectivity index (χ4n) is 2.23. The number of hydrogen-bond donors (Lipinski definition) is 1. The third kappa shape index (κ3) is 2.05. The zero-order chi connectivity index (χ0) is 14.2. The number of aromatic nitrogens is 6. The summed E-state index contributed by atoms with van der Waals surface area (Å²) in [6, 6.07) is 11.4. The molecule has 1 aromatic carbocycles. The van der Waals surface area contributed by atoms with Crippen LogP contribution >= 0.6 is 11.6 Å². The maximum atomic E-state index is 6.05. The molecule has 0 fully saturated rings. The van der Waals surface area contributed by atoms with Crippen LogP contribution < -0.4 is 0 Å². The van der Waals surface area contributed by atoms with Gasteiger partial charge >= 0.3 is 0 Å². The third-order valence-corrected chi connectivity index (χ3v) is 3.44. The smallest absolute Gasteiger partial charge is 0.155 e. The molecule has 0 aliphatic rings. The molecular formula is C14H9ClN6. The average molecular weight is 297 g/mol. The summed E-state index contributed by atoms with van der Waals surface area (Å²) in [6.07, 6.45) is 3.38. The molecule has 6 nitrogen and oxygen atoms in total. The Bertz CT molecular complexity index is 926. The quantitative estimate of drug-likeness (QED) is 0.617. The van der Waals surface area contributed by atoms with Crippen LogP contribution in [0.5, 0.6) is 0 Å². The zero-order valence-electron chi connectivity index (χ0n) is 10.7. The predicted molar refractivity (Wildman–Crippen MR) is 78.8 cm³/mol. The third-order valence-electron chi connectivity index (χ3n) is 3.21. The Morgan fingerprint density at radius 1 is 1.10 bits per heavy atom. The van der Waals surface area contributed by atoms with Gasteiger partial charge in [0.2, 0.25) is 0 Å². The summed E-state index contributed by atoms with van der Waals surface area (Å²) in [5.41, 5.74) is 4.18. The molecule has 21 heavy (non-hydrogen) atoms. The van der Waals surface area contributed by atoms with Crippen molar-refractivity contribution in [3.05, 3.63) is 53.9 Å². The number of halogens is 1. The highest BCUT2D eigenvalue weighted by Gasteiger charge is 2.13. The first-order valence-electron chi connectivity index (χ1n) is 6.28. The van der Waals surface area contributed by atoms with Gasteiger partial charge in [-0.15, -0.1) is 5.10 Å². The number of aromatic amines is 1. The molecule has 0 unspecified atom stereocenters. The molecule has 102 valence electrons. The molecule has 3 aromatic heterocycles. The van der Waals surface area contributed by atoms with Crippen molar-refractivity contribution in [1.82, 2.24) is 30.0 Å². The van der Waals surface area contributed by atoms with Gasteiger partial charge in [-0.25, -0.2) is 9.50 Å². The molecule has 0 radical (unpaired) electrons. The Morgan fingerprint density at radius 2 is 2.05 bits per heavy atom. The van der Waals surface area contributed by atoms with Gasteiger partial charge in [-0.2, -0.15) is 5.10 Å². The normalized spacial score (nSPS) is 11.1. The van der Waals surface area contributed by atoms with Crippen LogP contribution in [0.3, 0.4) is 0 Å². The summed E-state index contributed by atoms with van der Waals surface area (Å²) in [5.74, 6) is 0. The van der Waals surface area contributed by atoms with Gasteiger partial charge < -0.3 is 0 Å².